The van der Waals surface area contributed by atoms with E-state index in [2.05, 4.69) is 4.98 Å². The van der Waals surface area contributed by atoms with Crippen molar-refractivity contribution in [2.45, 2.75) is 50.1 Å². The molecule has 30 heavy (non-hydrogen) atoms. The third kappa shape index (κ3) is 4.56. The zero-order valence-electron chi connectivity index (χ0n) is 16.7. The minimum atomic E-state index is -4.49. The molecule has 160 valence electrons. The molecular weight excluding hydrogens is 394 g/mol. The number of hydrogen-bond acceptors (Lipinski definition) is 4. The molecule has 0 bridgehead atoms. The number of unbranched alkanes of at least 4 members (excludes halogenated alkanes) is 1. The van der Waals surface area contributed by atoms with Crippen molar-refractivity contribution < 1.29 is 23.1 Å². The van der Waals surface area contributed by atoms with Crippen LogP contribution in [0.5, 0.6) is 0 Å². The second-order valence-electron chi connectivity index (χ2n) is 7.90. The quantitative estimate of drug-likeness (QED) is 0.524. The molecule has 2 radical (unpaired) electrons. The lowest BCUT2D eigenvalue weighted by Gasteiger charge is -2.40. The molecule has 9 heteroatoms. The molecule has 1 aliphatic heterocycles. The second-order valence-corrected chi connectivity index (χ2v) is 7.90. The second kappa shape index (κ2) is 8.84. The Kier molecular flexibility index (Phi) is 6.60. The lowest BCUT2D eigenvalue weighted by atomic mass is 9.75. The summed E-state index contributed by atoms with van der Waals surface area (Å²) >= 11 is 0. The van der Waals surface area contributed by atoms with Gasteiger partial charge in [0.2, 0.25) is 0 Å². The normalized spacial score (nSPS) is 17.8. The summed E-state index contributed by atoms with van der Waals surface area (Å²) < 4.78 is 40.7. The van der Waals surface area contributed by atoms with Gasteiger partial charge in [0.1, 0.15) is 11.4 Å². The summed E-state index contributed by atoms with van der Waals surface area (Å²) in [6.07, 6.45) is -1.41. The Morgan fingerprint density at radius 3 is 2.50 bits per heavy atom. The number of carboxylic acids is 1. The Morgan fingerprint density at radius 2 is 1.90 bits per heavy atom. The maximum atomic E-state index is 13.6. The van der Waals surface area contributed by atoms with Crippen LogP contribution in [0.2, 0.25) is 6.32 Å². The summed E-state index contributed by atoms with van der Waals surface area (Å²) in [5, 5.41) is 9.77. The monoisotopic (exact) mass is 419 g/mol. The van der Waals surface area contributed by atoms with Crippen LogP contribution in [0.25, 0.3) is 10.9 Å². The first-order chi connectivity index (χ1) is 14.2. The molecule has 2 heterocycles. The van der Waals surface area contributed by atoms with Crippen LogP contribution >= 0.6 is 0 Å². The Balaban J connectivity index is 1.81. The molecular formula is C21H25BF3N3O2. The van der Waals surface area contributed by atoms with Crippen LogP contribution in [0.4, 0.5) is 19.0 Å². The number of hydrogen-bond donors (Lipinski definition) is 2. The van der Waals surface area contributed by atoms with Crippen LogP contribution in [0.1, 0.15) is 37.7 Å². The number of nitrogens with two attached hydrogens (primary N) is 1. The topological polar surface area (TPSA) is 79.5 Å². The predicted molar refractivity (Wildman–Crippen MR) is 111 cm³/mol. The maximum absolute atomic E-state index is 13.6. The third-order valence-electron chi connectivity index (χ3n) is 6.00. The lowest BCUT2D eigenvalue weighted by Crippen LogP contribution is -2.57. The molecule has 1 aromatic heterocycles. The number of piperidine rings is 1. The van der Waals surface area contributed by atoms with Crippen molar-refractivity contribution in [3.8, 4) is 0 Å². The Hall–Kier alpha value is -2.29. The third-order valence-corrected chi connectivity index (χ3v) is 6.00. The number of aromatic nitrogens is 1. The molecule has 0 amide bonds. The van der Waals surface area contributed by atoms with Gasteiger partial charge >= 0.3 is 12.1 Å². The number of para-hydroxylation sites is 1. The summed E-state index contributed by atoms with van der Waals surface area (Å²) in [5.41, 5.74) is 4.49. The van der Waals surface area contributed by atoms with Crippen molar-refractivity contribution in [2.75, 3.05) is 18.0 Å². The van der Waals surface area contributed by atoms with Gasteiger partial charge in [-0.2, -0.15) is 13.2 Å². The van der Waals surface area contributed by atoms with Crippen molar-refractivity contribution >= 4 is 30.5 Å². The van der Waals surface area contributed by atoms with Crippen molar-refractivity contribution in [1.82, 2.24) is 4.98 Å². The van der Waals surface area contributed by atoms with E-state index < -0.39 is 23.2 Å². The number of halogens is 3. The number of carbonyl (C=O) groups is 1. The summed E-state index contributed by atoms with van der Waals surface area (Å²) in [4.78, 5) is 18.1. The van der Waals surface area contributed by atoms with E-state index in [4.69, 9.17) is 13.6 Å². The zero-order chi connectivity index (χ0) is 21.9. The number of pyridine rings is 1. The molecule has 1 aliphatic rings. The molecule has 1 fully saturated rings. The maximum Gasteiger partial charge on any atom is 0.417 e. The van der Waals surface area contributed by atoms with Gasteiger partial charge in [-0.25, -0.2) is 4.98 Å². The van der Waals surface area contributed by atoms with Gasteiger partial charge in [-0.05, 0) is 37.3 Å². The van der Waals surface area contributed by atoms with Crippen LogP contribution in [0, 0.1) is 5.92 Å². The molecule has 2 aromatic rings. The van der Waals surface area contributed by atoms with Gasteiger partial charge < -0.3 is 15.7 Å². The van der Waals surface area contributed by atoms with E-state index in [1.165, 1.54) is 6.07 Å². The van der Waals surface area contributed by atoms with E-state index in [1.54, 1.807) is 23.1 Å². The van der Waals surface area contributed by atoms with Gasteiger partial charge in [-0.3, -0.25) is 4.79 Å². The molecule has 0 spiro atoms. The highest BCUT2D eigenvalue weighted by Crippen LogP contribution is 2.38. The van der Waals surface area contributed by atoms with Gasteiger partial charge in [0, 0.05) is 18.5 Å². The van der Waals surface area contributed by atoms with Crippen LogP contribution < -0.4 is 10.6 Å². The number of anilines is 1. The first-order valence-electron chi connectivity index (χ1n) is 10.1. The first kappa shape index (κ1) is 22.4. The summed E-state index contributed by atoms with van der Waals surface area (Å²) in [6.45, 7) is 0.798. The van der Waals surface area contributed by atoms with Crippen molar-refractivity contribution in [3.05, 3.63) is 35.9 Å². The molecule has 1 saturated heterocycles. The number of carboxylic acid groups (broad SMARTS) is 1. The van der Waals surface area contributed by atoms with E-state index in [9.17, 15) is 23.1 Å². The van der Waals surface area contributed by atoms with Crippen LogP contribution in [0.15, 0.2) is 30.3 Å². The van der Waals surface area contributed by atoms with Crippen molar-refractivity contribution in [1.29, 1.82) is 0 Å². The smallest absolute Gasteiger partial charge is 0.417 e. The highest BCUT2D eigenvalue weighted by atomic mass is 19.4. The van der Waals surface area contributed by atoms with E-state index >= 15 is 0 Å². The van der Waals surface area contributed by atoms with Gasteiger partial charge in [0.25, 0.3) is 0 Å². The van der Waals surface area contributed by atoms with Crippen LogP contribution in [-0.2, 0) is 11.0 Å². The van der Waals surface area contributed by atoms with E-state index in [0.717, 1.165) is 6.07 Å². The molecule has 0 saturated carbocycles. The van der Waals surface area contributed by atoms with E-state index in [-0.39, 0.29) is 22.6 Å². The zero-order valence-corrected chi connectivity index (χ0v) is 16.7. The highest BCUT2D eigenvalue weighted by molar-refractivity contribution is 6.08. The largest absolute Gasteiger partial charge is 0.480 e. The fourth-order valence-corrected chi connectivity index (χ4v) is 4.23. The fourth-order valence-electron chi connectivity index (χ4n) is 4.23. The summed E-state index contributed by atoms with van der Waals surface area (Å²) in [5.74, 6) is -1.05. The first-order valence-corrected chi connectivity index (χ1v) is 10.1. The van der Waals surface area contributed by atoms with Crippen molar-refractivity contribution in [3.63, 3.8) is 0 Å². The molecule has 1 unspecified atom stereocenters. The molecule has 0 aliphatic carbocycles. The summed E-state index contributed by atoms with van der Waals surface area (Å²) in [6, 6.07) is 7.27. The molecule has 5 nitrogen and oxygen atoms in total. The lowest BCUT2D eigenvalue weighted by molar-refractivity contribution is -0.146. The summed E-state index contributed by atoms with van der Waals surface area (Å²) in [7, 11) is 5.50. The standard InChI is InChI=1S/C21H25BF3N3O2/c22-10-4-3-9-20(26,19(29)30)14-7-11-28(12-8-14)18-13-16(21(23,24)25)15-5-1-2-6-17(15)27-18/h1-2,5-6,13-14H,3-4,7-12,26H2,(H,29,30). The average Bonchev–Trinajstić information content (AvgIpc) is 2.72. The van der Waals surface area contributed by atoms with Gasteiger partial charge in [0.05, 0.1) is 18.9 Å². The molecule has 3 N–H and O–H groups in total. The van der Waals surface area contributed by atoms with E-state index in [0.29, 0.717) is 51.5 Å². The molecule has 1 atom stereocenters. The van der Waals surface area contributed by atoms with Crippen molar-refractivity contribution in [2.24, 2.45) is 11.7 Å². The SMILES string of the molecule is [B]CCCCC(N)(C(=O)O)C1CCN(c2cc(C(F)(F)F)c3ccccc3n2)CC1. The molecule has 3 rings (SSSR count). The van der Waals surface area contributed by atoms with Crippen LogP contribution in [0.3, 0.4) is 0 Å². The van der Waals surface area contributed by atoms with Gasteiger partial charge in [0.15, 0.2) is 0 Å². The number of benzene rings is 1. The predicted octanol–water partition coefficient (Wildman–Crippen LogP) is 4.01. The number of aliphatic carboxylic acids is 1. The number of rotatable bonds is 7. The molecule has 1 aromatic carbocycles. The number of nitrogens with zero attached hydrogens (tertiary/aromatic N) is 2. The fraction of sp³-hybridized carbons (Fsp3) is 0.524. The Labute approximate surface area is 174 Å². The number of fused-ring (bicyclic) bond motifs is 1. The average molecular weight is 419 g/mol. The Morgan fingerprint density at radius 1 is 1.23 bits per heavy atom. The Bertz CT molecular complexity index is 901. The number of alkyl halides is 3. The minimum absolute atomic E-state index is 0.0652. The highest BCUT2D eigenvalue weighted by Gasteiger charge is 2.43. The van der Waals surface area contributed by atoms with E-state index in [1.807, 2.05) is 0 Å². The minimum Gasteiger partial charge on any atom is -0.480 e. The van der Waals surface area contributed by atoms with Gasteiger partial charge in [-0.15, -0.1) is 0 Å². The van der Waals surface area contributed by atoms with Gasteiger partial charge in [-0.1, -0.05) is 37.4 Å². The van der Waals surface area contributed by atoms with Crippen LogP contribution in [-0.4, -0.2) is 42.5 Å².